The maximum absolute atomic E-state index is 11.5. The Balaban J connectivity index is 1.95. The van der Waals surface area contributed by atoms with Crippen LogP contribution in [0, 0.1) is 23.7 Å². The lowest BCUT2D eigenvalue weighted by molar-refractivity contribution is -0.131. The molecule has 0 N–H and O–H groups in total. The highest BCUT2D eigenvalue weighted by Crippen LogP contribution is 2.53. The molecule has 0 saturated heterocycles. The Labute approximate surface area is 74.5 Å². The second kappa shape index (κ2) is 2.86. The monoisotopic (exact) mass is 166 g/mol. The van der Waals surface area contributed by atoms with Gasteiger partial charge < -0.3 is 0 Å². The van der Waals surface area contributed by atoms with E-state index in [1.54, 1.807) is 0 Å². The molecule has 0 amide bonds. The zero-order valence-corrected chi connectivity index (χ0v) is 8.05. The summed E-state index contributed by atoms with van der Waals surface area (Å²) in [4.78, 5) is 11.5. The third kappa shape index (κ3) is 1.19. The van der Waals surface area contributed by atoms with Gasteiger partial charge in [-0.3, -0.25) is 4.79 Å². The highest BCUT2D eigenvalue weighted by atomic mass is 16.1. The third-order valence-electron chi connectivity index (χ3n) is 3.68. The lowest BCUT2D eigenvalue weighted by Gasteiger charge is -2.42. The van der Waals surface area contributed by atoms with Gasteiger partial charge in [-0.1, -0.05) is 13.8 Å². The molecule has 0 heterocycles. The summed E-state index contributed by atoms with van der Waals surface area (Å²) in [7, 11) is 0. The topological polar surface area (TPSA) is 17.1 Å². The molecule has 12 heavy (non-hydrogen) atoms. The van der Waals surface area contributed by atoms with Crippen LogP contribution in [-0.2, 0) is 4.79 Å². The SMILES string of the molecule is CCC(=O)C1CC(C)C1C1CC1. The van der Waals surface area contributed by atoms with Gasteiger partial charge in [0.05, 0.1) is 0 Å². The van der Waals surface area contributed by atoms with Gasteiger partial charge in [0.15, 0.2) is 0 Å². The van der Waals surface area contributed by atoms with Crippen molar-refractivity contribution in [3.63, 3.8) is 0 Å². The molecule has 3 unspecified atom stereocenters. The predicted octanol–water partition coefficient (Wildman–Crippen LogP) is 2.65. The van der Waals surface area contributed by atoms with Crippen molar-refractivity contribution >= 4 is 5.78 Å². The molecule has 0 bridgehead atoms. The van der Waals surface area contributed by atoms with Crippen molar-refractivity contribution in [2.45, 2.75) is 39.5 Å². The van der Waals surface area contributed by atoms with E-state index in [0.29, 0.717) is 11.7 Å². The van der Waals surface area contributed by atoms with Crippen LogP contribution >= 0.6 is 0 Å². The van der Waals surface area contributed by atoms with Crippen LogP contribution in [0.25, 0.3) is 0 Å². The van der Waals surface area contributed by atoms with E-state index >= 15 is 0 Å². The fraction of sp³-hybridized carbons (Fsp3) is 0.909. The van der Waals surface area contributed by atoms with Crippen LogP contribution in [0.3, 0.4) is 0 Å². The first-order chi connectivity index (χ1) is 5.74. The molecule has 2 saturated carbocycles. The summed E-state index contributed by atoms with van der Waals surface area (Å²) in [6.45, 7) is 4.30. The molecule has 1 nitrogen and oxygen atoms in total. The van der Waals surface area contributed by atoms with Crippen LogP contribution in [0.15, 0.2) is 0 Å². The number of Topliss-reactive ketones (excluding diaryl/α,β-unsaturated/α-hetero) is 1. The lowest BCUT2D eigenvalue weighted by atomic mass is 9.61. The van der Waals surface area contributed by atoms with Crippen molar-refractivity contribution < 1.29 is 4.79 Å². The number of hydrogen-bond acceptors (Lipinski definition) is 1. The Kier molecular flexibility index (Phi) is 1.97. The van der Waals surface area contributed by atoms with Crippen LogP contribution < -0.4 is 0 Å². The van der Waals surface area contributed by atoms with Crippen molar-refractivity contribution in [2.24, 2.45) is 23.7 Å². The normalized spacial score (nSPS) is 40.7. The van der Waals surface area contributed by atoms with Gasteiger partial charge in [-0.25, -0.2) is 0 Å². The quantitative estimate of drug-likeness (QED) is 0.630. The van der Waals surface area contributed by atoms with Crippen LogP contribution in [-0.4, -0.2) is 5.78 Å². The minimum atomic E-state index is 0.456. The Morgan fingerprint density at radius 2 is 2.08 bits per heavy atom. The van der Waals surface area contributed by atoms with Crippen LogP contribution in [0.4, 0.5) is 0 Å². The fourth-order valence-electron chi connectivity index (χ4n) is 2.80. The Bertz CT molecular complexity index is 191. The summed E-state index contributed by atoms with van der Waals surface area (Å²) in [5.41, 5.74) is 0. The highest BCUT2D eigenvalue weighted by molar-refractivity contribution is 5.82. The number of rotatable bonds is 3. The fourth-order valence-corrected chi connectivity index (χ4v) is 2.80. The minimum absolute atomic E-state index is 0.456. The Morgan fingerprint density at radius 3 is 2.50 bits per heavy atom. The predicted molar refractivity (Wildman–Crippen MR) is 48.8 cm³/mol. The van der Waals surface area contributed by atoms with Crippen LogP contribution in [0.2, 0.25) is 0 Å². The maximum atomic E-state index is 11.5. The summed E-state index contributed by atoms with van der Waals surface area (Å²) in [6, 6.07) is 0. The summed E-state index contributed by atoms with van der Waals surface area (Å²) in [6.07, 6.45) is 4.71. The smallest absolute Gasteiger partial charge is 0.136 e. The maximum Gasteiger partial charge on any atom is 0.136 e. The number of hydrogen-bond donors (Lipinski definition) is 0. The highest BCUT2D eigenvalue weighted by Gasteiger charge is 2.48. The summed E-state index contributed by atoms with van der Waals surface area (Å²) >= 11 is 0. The van der Waals surface area contributed by atoms with E-state index in [2.05, 4.69) is 6.92 Å². The van der Waals surface area contributed by atoms with Crippen molar-refractivity contribution in [3.8, 4) is 0 Å². The first-order valence-corrected chi connectivity index (χ1v) is 5.26. The molecule has 3 atom stereocenters. The van der Waals surface area contributed by atoms with Gasteiger partial charge in [-0.2, -0.15) is 0 Å². The summed E-state index contributed by atoms with van der Waals surface area (Å²) in [5, 5.41) is 0. The molecular weight excluding hydrogens is 148 g/mol. The zero-order valence-electron chi connectivity index (χ0n) is 8.05. The molecule has 1 heteroatoms. The van der Waals surface area contributed by atoms with E-state index in [1.807, 2.05) is 6.92 Å². The van der Waals surface area contributed by atoms with E-state index < -0.39 is 0 Å². The second-order valence-corrected chi connectivity index (χ2v) is 4.55. The van der Waals surface area contributed by atoms with E-state index in [-0.39, 0.29) is 0 Å². The van der Waals surface area contributed by atoms with Crippen LogP contribution in [0.1, 0.15) is 39.5 Å². The first-order valence-electron chi connectivity index (χ1n) is 5.26. The number of ketones is 1. The molecule has 0 aromatic heterocycles. The molecule has 0 aliphatic heterocycles. The van der Waals surface area contributed by atoms with Gasteiger partial charge >= 0.3 is 0 Å². The van der Waals surface area contributed by atoms with Crippen molar-refractivity contribution in [1.29, 1.82) is 0 Å². The third-order valence-corrected chi connectivity index (χ3v) is 3.68. The van der Waals surface area contributed by atoms with Gasteiger partial charge in [0.25, 0.3) is 0 Å². The van der Waals surface area contributed by atoms with Gasteiger partial charge in [-0.05, 0) is 37.0 Å². The standard InChI is InChI=1S/C11H18O/c1-3-10(12)9-6-7(2)11(9)8-4-5-8/h7-9,11H,3-6H2,1-2H3. The molecule has 2 fully saturated rings. The Morgan fingerprint density at radius 1 is 1.42 bits per heavy atom. The molecule has 2 aliphatic carbocycles. The van der Waals surface area contributed by atoms with Crippen LogP contribution in [0.5, 0.6) is 0 Å². The van der Waals surface area contributed by atoms with E-state index in [1.165, 1.54) is 19.3 Å². The largest absolute Gasteiger partial charge is 0.299 e. The van der Waals surface area contributed by atoms with Crippen molar-refractivity contribution in [1.82, 2.24) is 0 Å². The molecule has 0 spiro atoms. The number of carbonyl (C=O) groups excluding carboxylic acids is 1. The van der Waals surface area contributed by atoms with E-state index in [4.69, 9.17) is 0 Å². The average molecular weight is 166 g/mol. The average Bonchev–Trinajstić information content (AvgIpc) is 2.82. The minimum Gasteiger partial charge on any atom is -0.299 e. The Hall–Kier alpha value is -0.330. The molecule has 0 aromatic carbocycles. The van der Waals surface area contributed by atoms with Gasteiger partial charge in [0.1, 0.15) is 5.78 Å². The molecule has 2 rings (SSSR count). The van der Waals surface area contributed by atoms with Crippen molar-refractivity contribution in [2.75, 3.05) is 0 Å². The first kappa shape index (κ1) is 8.28. The summed E-state index contributed by atoms with van der Waals surface area (Å²) in [5.74, 6) is 3.51. The molecule has 2 aliphatic rings. The van der Waals surface area contributed by atoms with Gasteiger partial charge in [-0.15, -0.1) is 0 Å². The summed E-state index contributed by atoms with van der Waals surface area (Å²) < 4.78 is 0. The molecule has 0 radical (unpaired) electrons. The number of carbonyl (C=O) groups is 1. The van der Waals surface area contributed by atoms with E-state index in [9.17, 15) is 4.79 Å². The lowest BCUT2D eigenvalue weighted by Crippen LogP contribution is -2.41. The van der Waals surface area contributed by atoms with Gasteiger partial charge in [0.2, 0.25) is 0 Å². The van der Waals surface area contributed by atoms with Gasteiger partial charge in [0, 0.05) is 12.3 Å². The molecule has 0 aromatic rings. The zero-order chi connectivity index (χ0) is 8.72. The molecule has 68 valence electrons. The van der Waals surface area contributed by atoms with Crippen molar-refractivity contribution in [3.05, 3.63) is 0 Å². The molecular formula is C11H18O. The van der Waals surface area contributed by atoms with E-state index in [0.717, 1.165) is 24.2 Å². The second-order valence-electron chi connectivity index (χ2n) is 4.55.